The molecule has 2 amide bonds. The van der Waals surface area contributed by atoms with Crippen molar-refractivity contribution in [1.82, 2.24) is 14.5 Å². The first-order chi connectivity index (χ1) is 16.0. The van der Waals surface area contributed by atoms with E-state index in [0.717, 1.165) is 31.9 Å². The highest BCUT2D eigenvalue weighted by Gasteiger charge is 2.33. The van der Waals surface area contributed by atoms with Gasteiger partial charge in [-0.2, -0.15) is 12.7 Å². The van der Waals surface area contributed by atoms with E-state index >= 15 is 0 Å². The Morgan fingerprint density at radius 1 is 1.00 bits per heavy atom. The van der Waals surface area contributed by atoms with E-state index < -0.39 is 34.5 Å². The molecule has 0 bridgehead atoms. The van der Waals surface area contributed by atoms with Crippen molar-refractivity contribution in [1.29, 1.82) is 0 Å². The van der Waals surface area contributed by atoms with Crippen LogP contribution in [0.3, 0.4) is 0 Å². The number of anilines is 1. The lowest BCUT2D eigenvalue weighted by Crippen LogP contribution is -2.53. The lowest BCUT2D eigenvalue weighted by Gasteiger charge is -2.33. The van der Waals surface area contributed by atoms with E-state index in [1.54, 1.807) is 13.8 Å². The van der Waals surface area contributed by atoms with E-state index in [0.29, 0.717) is 13.0 Å². The van der Waals surface area contributed by atoms with Crippen LogP contribution < -0.4 is 9.62 Å². The molecule has 10 heteroatoms. The quantitative estimate of drug-likeness (QED) is 0.522. The van der Waals surface area contributed by atoms with Crippen LogP contribution in [-0.4, -0.2) is 62.7 Å². The number of benzene rings is 2. The highest BCUT2D eigenvalue weighted by molar-refractivity contribution is 7.90. The lowest BCUT2D eigenvalue weighted by atomic mass is 10.1. The number of carbonyl (C=O) groups is 2. The van der Waals surface area contributed by atoms with Gasteiger partial charge in [0.2, 0.25) is 11.8 Å². The third kappa shape index (κ3) is 6.77. The van der Waals surface area contributed by atoms with Gasteiger partial charge in [0.05, 0.1) is 5.69 Å². The number of amides is 2. The van der Waals surface area contributed by atoms with Crippen molar-refractivity contribution in [2.45, 2.75) is 39.8 Å². The van der Waals surface area contributed by atoms with Gasteiger partial charge >= 0.3 is 10.2 Å². The number of rotatable bonds is 11. The van der Waals surface area contributed by atoms with Crippen LogP contribution in [0.15, 0.2) is 48.5 Å². The maximum Gasteiger partial charge on any atom is 0.304 e. The van der Waals surface area contributed by atoms with E-state index in [2.05, 4.69) is 5.32 Å². The van der Waals surface area contributed by atoms with Crippen LogP contribution in [-0.2, 0) is 26.3 Å². The second-order valence-corrected chi connectivity index (χ2v) is 10.2. The van der Waals surface area contributed by atoms with Crippen LogP contribution >= 0.6 is 0 Å². The zero-order chi connectivity index (χ0) is 25.5. The van der Waals surface area contributed by atoms with Crippen LogP contribution in [0.2, 0.25) is 0 Å². The summed E-state index contributed by atoms with van der Waals surface area (Å²) >= 11 is 0. The summed E-state index contributed by atoms with van der Waals surface area (Å²) in [7, 11) is -1.38. The monoisotopic (exact) mass is 492 g/mol. The molecule has 0 unspecified atom stereocenters. The van der Waals surface area contributed by atoms with Crippen LogP contribution in [0.25, 0.3) is 0 Å². The molecule has 186 valence electrons. The van der Waals surface area contributed by atoms with Gasteiger partial charge in [-0.15, -0.1) is 0 Å². The van der Waals surface area contributed by atoms with E-state index in [4.69, 9.17) is 0 Å². The van der Waals surface area contributed by atoms with Crippen molar-refractivity contribution < 1.29 is 22.4 Å². The first-order valence-corrected chi connectivity index (χ1v) is 12.5. The third-order valence-corrected chi connectivity index (χ3v) is 7.16. The van der Waals surface area contributed by atoms with Crippen LogP contribution in [0, 0.1) is 12.7 Å². The molecule has 0 radical (unpaired) electrons. The fraction of sp³-hybridized carbons (Fsp3) is 0.417. The highest BCUT2D eigenvalue weighted by Crippen LogP contribution is 2.22. The molecule has 0 aliphatic rings. The number of nitrogens with zero attached hydrogens (tertiary/aromatic N) is 3. The number of carbonyl (C=O) groups excluding carboxylic acids is 2. The predicted octanol–water partition coefficient (Wildman–Crippen LogP) is 2.69. The summed E-state index contributed by atoms with van der Waals surface area (Å²) in [5, 5.41) is 2.75. The van der Waals surface area contributed by atoms with Gasteiger partial charge in [0.25, 0.3) is 0 Å². The average Bonchev–Trinajstić information content (AvgIpc) is 2.79. The molecule has 1 N–H and O–H groups in total. The van der Waals surface area contributed by atoms with Gasteiger partial charge in [-0.05, 0) is 50.1 Å². The number of likely N-dealkylation sites (N-methyl/N-ethyl adjacent to an activating group) is 1. The van der Waals surface area contributed by atoms with Crippen molar-refractivity contribution in [2.24, 2.45) is 0 Å². The molecule has 0 spiro atoms. The zero-order valence-corrected chi connectivity index (χ0v) is 21.1. The number of aryl methyl sites for hydroxylation is 1. The summed E-state index contributed by atoms with van der Waals surface area (Å²) in [6, 6.07) is 11.6. The summed E-state index contributed by atoms with van der Waals surface area (Å²) in [5.41, 5.74) is 2.01. The van der Waals surface area contributed by atoms with Gasteiger partial charge in [-0.3, -0.25) is 9.59 Å². The molecule has 0 saturated carbocycles. The molecule has 2 rings (SSSR count). The van der Waals surface area contributed by atoms with Gasteiger partial charge in [0.1, 0.15) is 18.4 Å². The van der Waals surface area contributed by atoms with E-state index in [1.165, 1.54) is 31.1 Å². The van der Waals surface area contributed by atoms with Crippen molar-refractivity contribution in [3.63, 3.8) is 0 Å². The Bertz CT molecular complexity index is 1070. The first-order valence-electron chi connectivity index (χ1n) is 11.1. The van der Waals surface area contributed by atoms with Crippen LogP contribution in [0.5, 0.6) is 0 Å². The van der Waals surface area contributed by atoms with Crippen molar-refractivity contribution in [2.75, 3.05) is 31.5 Å². The molecule has 0 saturated heterocycles. The van der Waals surface area contributed by atoms with E-state index in [9.17, 15) is 22.4 Å². The fourth-order valence-electron chi connectivity index (χ4n) is 3.43. The van der Waals surface area contributed by atoms with Gasteiger partial charge in [-0.25, -0.2) is 8.70 Å². The van der Waals surface area contributed by atoms with Crippen LogP contribution in [0.4, 0.5) is 10.1 Å². The molecule has 2 aromatic rings. The minimum absolute atomic E-state index is 0.133. The number of nitrogens with one attached hydrogen (secondary N) is 1. The lowest BCUT2D eigenvalue weighted by molar-refractivity contribution is -0.140. The minimum atomic E-state index is -4.08. The number of halogens is 1. The van der Waals surface area contributed by atoms with Crippen molar-refractivity contribution in [3.05, 3.63) is 65.5 Å². The molecule has 34 heavy (non-hydrogen) atoms. The SMILES string of the molecule is CCNC(=O)[C@@H](CC)N(Cc1ccc(C)cc1)C(=O)CN(c1ccc(F)cc1)S(=O)(=O)N(C)C. The van der Waals surface area contributed by atoms with Gasteiger partial charge in [0, 0.05) is 27.2 Å². The van der Waals surface area contributed by atoms with Crippen LogP contribution in [0.1, 0.15) is 31.4 Å². The maximum atomic E-state index is 13.6. The Balaban J connectivity index is 2.47. The predicted molar refractivity (Wildman–Crippen MR) is 131 cm³/mol. The first kappa shape index (κ1) is 27.3. The Morgan fingerprint density at radius 2 is 1.59 bits per heavy atom. The average molecular weight is 493 g/mol. The third-order valence-electron chi connectivity index (χ3n) is 5.34. The number of hydrogen-bond acceptors (Lipinski definition) is 4. The summed E-state index contributed by atoms with van der Waals surface area (Å²) in [4.78, 5) is 27.8. The molecule has 0 aromatic heterocycles. The summed E-state index contributed by atoms with van der Waals surface area (Å²) < 4.78 is 41.5. The second-order valence-electron chi connectivity index (χ2n) is 8.10. The van der Waals surface area contributed by atoms with E-state index in [-0.39, 0.29) is 18.1 Å². The van der Waals surface area contributed by atoms with Gasteiger partial charge < -0.3 is 10.2 Å². The molecule has 0 fully saturated rings. The number of hydrogen-bond donors (Lipinski definition) is 1. The summed E-state index contributed by atoms with van der Waals surface area (Å²) in [5.74, 6) is -1.39. The topological polar surface area (TPSA) is 90.0 Å². The molecular formula is C24H33FN4O4S. The smallest absolute Gasteiger partial charge is 0.304 e. The molecule has 0 heterocycles. The van der Waals surface area contributed by atoms with E-state index in [1.807, 2.05) is 31.2 Å². The fourth-order valence-corrected chi connectivity index (χ4v) is 4.48. The molecular weight excluding hydrogens is 459 g/mol. The summed E-state index contributed by atoms with van der Waals surface area (Å²) in [6.45, 7) is 5.52. The Morgan fingerprint density at radius 3 is 2.09 bits per heavy atom. The normalized spacial score (nSPS) is 12.3. The molecule has 0 aliphatic carbocycles. The molecule has 0 aliphatic heterocycles. The molecule has 1 atom stereocenters. The van der Waals surface area contributed by atoms with Gasteiger partial charge in [0.15, 0.2) is 0 Å². The molecule has 8 nitrogen and oxygen atoms in total. The zero-order valence-electron chi connectivity index (χ0n) is 20.3. The molecule has 2 aromatic carbocycles. The minimum Gasteiger partial charge on any atom is -0.355 e. The highest BCUT2D eigenvalue weighted by atomic mass is 32.2. The Kier molecular flexibility index (Phi) is 9.57. The summed E-state index contributed by atoms with van der Waals surface area (Å²) in [6.07, 6.45) is 0.348. The Hall–Kier alpha value is -2.98. The largest absolute Gasteiger partial charge is 0.355 e. The van der Waals surface area contributed by atoms with Crippen molar-refractivity contribution in [3.8, 4) is 0 Å². The maximum absolute atomic E-state index is 13.6. The Labute approximate surface area is 201 Å². The van der Waals surface area contributed by atoms with Gasteiger partial charge in [-0.1, -0.05) is 36.8 Å². The standard InChI is InChI=1S/C24H33FN4O4S/c1-6-22(24(31)26-7-2)28(16-19-10-8-18(3)9-11-19)23(30)17-29(34(32,33)27(4)5)21-14-12-20(25)13-15-21/h8-15,22H,6-7,16-17H2,1-5H3,(H,26,31)/t22-/m1/s1. The van der Waals surface area contributed by atoms with Crippen molar-refractivity contribution >= 4 is 27.7 Å². The second kappa shape index (κ2) is 11.9.